The van der Waals surface area contributed by atoms with Gasteiger partial charge in [0, 0.05) is 0 Å². The van der Waals surface area contributed by atoms with Crippen molar-refractivity contribution in [2.45, 2.75) is 58.0 Å². The number of para-hydroxylation sites is 1. The van der Waals surface area contributed by atoms with Crippen LogP contribution in [0.1, 0.15) is 39.4 Å². The lowest BCUT2D eigenvalue weighted by atomic mass is 10.1. The largest absolute Gasteiger partial charge is 0.488 e. The third kappa shape index (κ3) is 4.71. The van der Waals surface area contributed by atoms with Crippen LogP contribution in [0.25, 0.3) is 0 Å². The first-order valence-electron chi connectivity index (χ1n) is 8.65. The summed E-state index contributed by atoms with van der Waals surface area (Å²) < 4.78 is 12.9. The Kier molecular flexibility index (Phi) is 5.89. The van der Waals surface area contributed by atoms with Gasteiger partial charge in [0.15, 0.2) is 8.32 Å². The Bertz CT molecular complexity index is 617. The molecule has 0 amide bonds. The molecule has 0 aliphatic rings. The lowest BCUT2D eigenvalue weighted by Gasteiger charge is -2.41. The fourth-order valence-corrected chi connectivity index (χ4v) is 3.66. The minimum Gasteiger partial charge on any atom is -0.488 e. The van der Waals surface area contributed by atoms with Gasteiger partial charge in [0.25, 0.3) is 0 Å². The first kappa shape index (κ1) is 18.8. The summed E-state index contributed by atoms with van der Waals surface area (Å²) in [6, 6.07) is 20.4. The Labute approximate surface area is 148 Å². The van der Waals surface area contributed by atoms with Crippen molar-refractivity contribution in [3.8, 4) is 5.75 Å². The first-order valence-corrected chi connectivity index (χ1v) is 11.6. The maximum atomic E-state index is 6.74. The molecular weight excluding hydrogens is 312 g/mol. The first-order chi connectivity index (χ1) is 11.2. The second kappa shape index (κ2) is 7.54. The molecule has 0 saturated heterocycles. The summed E-state index contributed by atoms with van der Waals surface area (Å²) >= 11 is 0. The third-order valence-corrected chi connectivity index (χ3v) is 9.30. The van der Waals surface area contributed by atoms with E-state index in [9.17, 15) is 0 Å². The van der Waals surface area contributed by atoms with Gasteiger partial charge in [0.05, 0.1) is 0 Å². The van der Waals surface area contributed by atoms with E-state index in [2.05, 4.69) is 65.1 Å². The van der Waals surface area contributed by atoms with E-state index in [1.807, 2.05) is 36.4 Å². The highest BCUT2D eigenvalue weighted by atomic mass is 28.4. The number of ether oxygens (including phenoxy) is 1. The van der Waals surface area contributed by atoms with E-state index in [1.165, 1.54) is 5.56 Å². The summed E-state index contributed by atoms with van der Waals surface area (Å²) in [5.74, 6) is 0.879. The number of hydrogen-bond donors (Lipinski definition) is 0. The van der Waals surface area contributed by atoms with E-state index >= 15 is 0 Å². The molecule has 0 fully saturated rings. The van der Waals surface area contributed by atoms with Crippen LogP contribution in [-0.4, -0.2) is 14.4 Å². The van der Waals surface area contributed by atoms with Crippen molar-refractivity contribution >= 4 is 8.32 Å². The molecule has 0 aliphatic heterocycles. The number of rotatable bonds is 6. The van der Waals surface area contributed by atoms with Gasteiger partial charge in [-0.15, -0.1) is 0 Å². The van der Waals surface area contributed by atoms with Crippen LogP contribution >= 0.6 is 0 Å². The zero-order chi connectivity index (χ0) is 17.8. The Morgan fingerprint density at radius 1 is 0.833 bits per heavy atom. The molecular formula is C21H30O2Si. The molecule has 0 heterocycles. The lowest BCUT2D eigenvalue weighted by Crippen LogP contribution is -2.44. The zero-order valence-electron chi connectivity index (χ0n) is 15.7. The van der Waals surface area contributed by atoms with E-state index in [0.717, 1.165) is 5.75 Å². The summed E-state index contributed by atoms with van der Waals surface area (Å²) in [6.07, 6.45) is -0.142. The van der Waals surface area contributed by atoms with Crippen molar-refractivity contribution in [3.05, 3.63) is 66.2 Å². The average Bonchev–Trinajstić information content (AvgIpc) is 2.53. The topological polar surface area (TPSA) is 18.5 Å². The smallest absolute Gasteiger partial charge is 0.193 e. The second-order valence-electron chi connectivity index (χ2n) is 7.85. The van der Waals surface area contributed by atoms with Crippen molar-refractivity contribution in [2.24, 2.45) is 0 Å². The summed E-state index contributed by atoms with van der Waals surface area (Å²) in [5.41, 5.74) is 1.17. The maximum Gasteiger partial charge on any atom is 0.193 e. The van der Waals surface area contributed by atoms with Crippen molar-refractivity contribution in [1.29, 1.82) is 0 Å². The molecule has 0 saturated carbocycles. The van der Waals surface area contributed by atoms with Crippen LogP contribution in [0.4, 0.5) is 0 Å². The molecule has 24 heavy (non-hydrogen) atoms. The van der Waals surface area contributed by atoms with Gasteiger partial charge in [-0.05, 0) is 42.8 Å². The van der Waals surface area contributed by atoms with E-state index in [4.69, 9.17) is 9.16 Å². The van der Waals surface area contributed by atoms with Crippen molar-refractivity contribution in [3.63, 3.8) is 0 Å². The van der Waals surface area contributed by atoms with Gasteiger partial charge in [-0.25, -0.2) is 0 Å². The molecule has 0 bridgehead atoms. The summed E-state index contributed by atoms with van der Waals surface area (Å²) in [6.45, 7) is 13.5. The Balaban J connectivity index is 2.26. The summed E-state index contributed by atoms with van der Waals surface area (Å²) in [7, 11) is -1.91. The van der Waals surface area contributed by atoms with E-state index in [1.54, 1.807) is 0 Å². The lowest BCUT2D eigenvalue weighted by molar-refractivity contribution is 0.0548. The van der Waals surface area contributed by atoms with Crippen LogP contribution in [0.3, 0.4) is 0 Å². The molecule has 0 aromatic heterocycles. The predicted molar refractivity (Wildman–Crippen MR) is 104 cm³/mol. The quantitative estimate of drug-likeness (QED) is 0.580. The zero-order valence-corrected chi connectivity index (χ0v) is 16.7. The van der Waals surface area contributed by atoms with E-state index in [-0.39, 0.29) is 17.2 Å². The predicted octanol–water partition coefficient (Wildman–Crippen LogP) is 6.22. The van der Waals surface area contributed by atoms with Gasteiger partial charge in [-0.2, -0.15) is 0 Å². The number of hydrogen-bond acceptors (Lipinski definition) is 2. The molecule has 0 aliphatic carbocycles. The van der Waals surface area contributed by atoms with Crippen molar-refractivity contribution < 1.29 is 9.16 Å². The number of benzene rings is 2. The van der Waals surface area contributed by atoms with Gasteiger partial charge >= 0.3 is 0 Å². The van der Waals surface area contributed by atoms with Crippen LogP contribution in [-0.2, 0) is 4.43 Å². The normalized spacial score (nSPS) is 14.9. The van der Waals surface area contributed by atoms with Crippen LogP contribution < -0.4 is 4.74 Å². The monoisotopic (exact) mass is 342 g/mol. The molecule has 2 aromatic carbocycles. The second-order valence-corrected chi connectivity index (χ2v) is 12.6. The SMILES string of the molecule is C[C@H](Oc1ccccc1)[C@H](O[Si](C)(C)C(C)(C)C)c1ccccc1. The summed E-state index contributed by atoms with van der Waals surface area (Å²) in [5, 5.41) is 0.159. The van der Waals surface area contributed by atoms with Crippen LogP contribution in [0.15, 0.2) is 60.7 Å². The standard InChI is InChI=1S/C21H30O2Si/c1-17(22-19-15-11-8-12-16-19)20(18-13-9-7-10-14-18)23-24(5,6)21(2,3)4/h7-17,20H,1-6H3/t17-,20-/m0/s1. The van der Waals surface area contributed by atoms with E-state index < -0.39 is 8.32 Å². The highest BCUT2D eigenvalue weighted by Crippen LogP contribution is 2.41. The van der Waals surface area contributed by atoms with Crippen LogP contribution in [0, 0.1) is 0 Å². The Hall–Kier alpha value is -1.58. The van der Waals surface area contributed by atoms with Gasteiger partial charge in [0.1, 0.15) is 18.0 Å². The molecule has 130 valence electrons. The molecule has 3 heteroatoms. The highest BCUT2D eigenvalue weighted by molar-refractivity contribution is 6.74. The molecule has 0 radical (unpaired) electrons. The third-order valence-electron chi connectivity index (χ3n) is 4.85. The van der Waals surface area contributed by atoms with Crippen molar-refractivity contribution in [1.82, 2.24) is 0 Å². The van der Waals surface area contributed by atoms with Gasteiger partial charge in [0.2, 0.25) is 0 Å². The van der Waals surface area contributed by atoms with Gasteiger partial charge in [-0.3, -0.25) is 0 Å². The molecule has 2 atom stereocenters. The molecule has 0 spiro atoms. The summed E-state index contributed by atoms with van der Waals surface area (Å²) in [4.78, 5) is 0. The van der Waals surface area contributed by atoms with Gasteiger partial charge < -0.3 is 9.16 Å². The maximum absolute atomic E-state index is 6.74. The highest BCUT2D eigenvalue weighted by Gasteiger charge is 2.41. The molecule has 0 unspecified atom stereocenters. The fourth-order valence-electron chi connectivity index (χ4n) is 2.35. The minimum atomic E-state index is -1.91. The molecule has 2 nitrogen and oxygen atoms in total. The molecule has 2 rings (SSSR count). The molecule has 0 N–H and O–H groups in total. The fraction of sp³-hybridized carbons (Fsp3) is 0.429. The Morgan fingerprint density at radius 3 is 1.83 bits per heavy atom. The Morgan fingerprint density at radius 2 is 1.33 bits per heavy atom. The van der Waals surface area contributed by atoms with Gasteiger partial charge in [-0.1, -0.05) is 69.3 Å². The van der Waals surface area contributed by atoms with Crippen molar-refractivity contribution in [2.75, 3.05) is 0 Å². The average molecular weight is 343 g/mol. The van der Waals surface area contributed by atoms with Crippen LogP contribution in [0.5, 0.6) is 5.75 Å². The minimum absolute atomic E-state index is 0.0658. The van der Waals surface area contributed by atoms with E-state index in [0.29, 0.717) is 0 Å². The molecule has 2 aromatic rings. The van der Waals surface area contributed by atoms with Crippen LogP contribution in [0.2, 0.25) is 18.1 Å².